The lowest BCUT2D eigenvalue weighted by Gasteiger charge is -2.16. The van der Waals surface area contributed by atoms with E-state index in [0.717, 1.165) is 10.5 Å². The predicted octanol–water partition coefficient (Wildman–Crippen LogP) is 5.83. The van der Waals surface area contributed by atoms with Crippen molar-refractivity contribution in [3.63, 3.8) is 0 Å². The average Bonchev–Trinajstić information content (AvgIpc) is 2.97. The van der Waals surface area contributed by atoms with Gasteiger partial charge in [-0.05, 0) is 48.4 Å². The summed E-state index contributed by atoms with van der Waals surface area (Å²) in [6, 6.07) is 17.9. The second-order valence-corrected chi connectivity index (χ2v) is 7.98. The Labute approximate surface area is 188 Å². The molecular formula is C24H17Cl2FN2O2. The van der Waals surface area contributed by atoms with Gasteiger partial charge in [-0.15, -0.1) is 0 Å². The Morgan fingerprint density at radius 1 is 0.935 bits per heavy atom. The number of carbonyl (C=O) groups is 2. The molecule has 1 N–H and O–H groups in total. The van der Waals surface area contributed by atoms with Crippen LogP contribution in [-0.2, 0) is 16.1 Å². The first kappa shape index (κ1) is 21.1. The standard InChI is InChI=1S/C24H17Cl2FN2O2/c1-14-6-11-18(12-19(14)26)28-22-21(15-7-9-17(25)10-8-15)23(30)29(24(22)31)13-16-4-2-3-5-20(16)27/h2-12,28H,13H2,1H3. The minimum Gasteiger partial charge on any atom is -0.350 e. The summed E-state index contributed by atoms with van der Waals surface area (Å²) in [5.74, 6) is -1.55. The molecule has 1 aliphatic rings. The average molecular weight is 455 g/mol. The first-order chi connectivity index (χ1) is 14.8. The number of imide groups is 1. The van der Waals surface area contributed by atoms with Crippen molar-refractivity contribution in [2.75, 3.05) is 5.32 Å². The number of rotatable bonds is 5. The number of anilines is 1. The molecule has 0 atom stereocenters. The van der Waals surface area contributed by atoms with Crippen molar-refractivity contribution in [3.05, 3.63) is 105 Å². The number of halogens is 3. The maximum Gasteiger partial charge on any atom is 0.278 e. The van der Waals surface area contributed by atoms with Gasteiger partial charge in [0.05, 0.1) is 12.1 Å². The number of amides is 2. The van der Waals surface area contributed by atoms with Crippen molar-refractivity contribution < 1.29 is 14.0 Å². The van der Waals surface area contributed by atoms with Gasteiger partial charge in [0.25, 0.3) is 11.8 Å². The maximum atomic E-state index is 14.2. The van der Waals surface area contributed by atoms with Gasteiger partial charge in [0, 0.05) is 21.3 Å². The van der Waals surface area contributed by atoms with Gasteiger partial charge >= 0.3 is 0 Å². The Kier molecular flexibility index (Phi) is 5.81. The summed E-state index contributed by atoms with van der Waals surface area (Å²) in [7, 11) is 0. The van der Waals surface area contributed by atoms with Gasteiger partial charge in [0.2, 0.25) is 0 Å². The largest absolute Gasteiger partial charge is 0.350 e. The second-order valence-electron chi connectivity index (χ2n) is 7.13. The quantitative estimate of drug-likeness (QED) is 0.493. The van der Waals surface area contributed by atoms with E-state index in [1.54, 1.807) is 54.6 Å². The number of benzene rings is 3. The van der Waals surface area contributed by atoms with Crippen molar-refractivity contribution in [2.45, 2.75) is 13.5 Å². The molecule has 0 saturated carbocycles. The van der Waals surface area contributed by atoms with Crippen molar-refractivity contribution in [1.29, 1.82) is 0 Å². The summed E-state index contributed by atoms with van der Waals surface area (Å²) in [5.41, 5.74) is 2.51. The first-order valence-electron chi connectivity index (χ1n) is 9.48. The van der Waals surface area contributed by atoms with Crippen LogP contribution in [0.3, 0.4) is 0 Å². The van der Waals surface area contributed by atoms with Crippen LogP contribution in [0.5, 0.6) is 0 Å². The highest BCUT2D eigenvalue weighted by atomic mass is 35.5. The zero-order valence-electron chi connectivity index (χ0n) is 16.5. The molecule has 156 valence electrons. The fourth-order valence-corrected chi connectivity index (χ4v) is 3.64. The van der Waals surface area contributed by atoms with Gasteiger partial charge in [0.1, 0.15) is 11.5 Å². The minimum absolute atomic E-state index is 0.101. The molecule has 4 nitrogen and oxygen atoms in total. The molecule has 0 unspecified atom stereocenters. The predicted molar refractivity (Wildman–Crippen MR) is 120 cm³/mol. The van der Waals surface area contributed by atoms with Gasteiger partial charge in [-0.2, -0.15) is 0 Å². The second kappa shape index (κ2) is 8.53. The smallest absolute Gasteiger partial charge is 0.278 e. The summed E-state index contributed by atoms with van der Waals surface area (Å²) in [6.45, 7) is 1.69. The monoisotopic (exact) mass is 454 g/mol. The van der Waals surface area contributed by atoms with E-state index in [4.69, 9.17) is 23.2 Å². The van der Waals surface area contributed by atoms with Crippen LogP contribution >= 0.6 is 23.2 Å². The Morgan fingerprint density at radius 2 is 1.65 bits per heavy atom. The summed E-state index contributed by atoms with van der Waals surface area (Å²) in [6.07, 6.45) is 0. The molecular weight excluding hydrogens is 438 g/mol. The van der Waals surface area contributed by atoms with Gasteiger partial charge in [0.15, 0.2) is 0 Å². The number of hydrogen-bond acceptors (Lipinski definition) is 3. The minimum atomic E-state index is -0.546. The van der Waals surface area contributed by atoms with Gasteiger partial charge in [-0.3, -0.25) is 14.5 Å². The molecule has 0 aliphatic carbocycles. The van der Waals surface area contributed by atoms with Crippen LogP contribution in [0.4, 0.5) is 10.1 Å². The van der Waals surface area contributed by atoms with E-state index in [1.807, 2.05) is 13.0 Å². The van der Waals surface area contributed by atoms with Crippen LogP contribution < -0.4 is 5.32 Å². The molecule has 7 heteroatoms. The SMILES string of the molecule is Cc1ccc(NC2=C(c3ccc(Cl)cc3)C(=O)N(Cc3ccccc3F)C2=O)cc1Cl. The van der Waals surface area contributed by atoms with Crippen LogP contribution in [0.2, 0.25) is 10.0 Å². The Balaban J connectivity index is 1.76. The third kappa shape index (κ3) is 4.20. The van der Waals surface area contributed by atoms with Crippen molar-refractivity contribution >= 4 is 46.3 Å². The highest BCUT2D eigenvalue weighted by molar-refractivity contribution is 6.37. The van der Waals surface area contributed by atoms with Crippen LogP contribution in [0.1, 0.15) is 16.7 Å². The lowest BCUT2D eigenvalue weighted by atomic mass is 10.0. The zero-order chi connectivity index (χ0) is 22.1. The lowest BCUT2D eigenvalue weighted by molar-refractivity contribution is -0.137. The molecule has 0 aromatic heterocycles. The highest BCUT2D eigenvalue weighted by Gasteiger charge is 2.39. The van der Waals surface area contributed by atoms with Crippen LogP contribution in [0, 0.1) is 12.7 Å². The van der Waals surface area contributed by atoms with E-state index in [1.165, 1.54) is 6.07 Å². The maximum absolute atomic E-state index is 14.2. The molecule has 0 radical (unpaired) electrons. The molecule has 0 bridgehead atoms. The molecule has 1 heterocycles. The molecule has 0 saturated heterocycles. The van der Waals surface area contributed by atoms with E-state index in [9.17, 15) is 14.0 Å². The van der Waals surface area contributed by atoms with Gasteiger partial charge in [-0.25, -0.2) is 4.39 Å². The zero-order valence-corrected chi connectivity index (χ0v) is 18.0. The van der Waals surface area contributed by atoms with Crippen LogP contribution in [-0.4, -0.2) is 16.7 Å². The van der Waals surface area contributed by atoms with E-state index in [0.29, 0.717) is 21.3 Å². The van der Waals surface area contributed by atoms with Crippen molar-refractivity contribution in [2.24, 2.45) is 0 Å². The Morgan fingerprint density at radius 3 is 2.32 bits per heavy atom. The van der Waals surface area contributed by atoms with E-state index >= 15 is 0 Å². The number of carbonyl (C=O) groups excluding carboxylic acids is 2. The molecule has 3 aromatic carbocycles. The third-order valence-electron chi connectivity index (χ3n) is 5.03. The molecule has 31 heavy (non-hydrogen) atoms. The molecule has 0 spiro atoms. The number of hydrogen-bond donors (Lipinski definition) is 1. The van der Waals surface area contributed by atoms with Crippen molar-refractivity contribution in [3.8, 4) is 0 Å². The molecule has 0 fully saturated rings. The summed E-state index contributed by atoms with van der Waals surface area (Å²) >= 11 is 12.2. The molecule has 4 rings (SSSR count). The van der Waals surface area contributed by atoms with Gasteiger partial charge in [-0.1, -0.05) is 59.6 Å². The third-order valence-corrected chi connectivity index (χ3v) is 5.69. The molecule has 1 aliphatic heterocycles. The summed E-state index contributed by atoms with van der Waals surface area (Å²) < 4.78 is 14.2. The van der Waals surface area contributed by atoms with E-state index < -0.39 is 17.6 Å². The van der Waals surface area contributed by atoms with Crippen LogP contribution in [0.25, 0.3) is 5.57 Å². The molecule has 3 aromatic rings. The fourth-order valence-electron chi connectivity index (χ4n) is 3.33. The van der Waals surface area contributed by atoms with Crippen molar-refractivity contribution in [1.82, 2.24) is 4.90 Å². The van der Waals surface area contributed by atoms with Gasteiger partial charge < -0.3 is 5.32 Å². The lowest BCUT2D eigenvalue weighted by Crippen LogP contribution is -2.32. The fraction of sp³-hybridized carbons (Fsp3) is 0.0833. The number of nitrogens with one attached hydrogen (secondary N) is 1. The summed E-state index contributed by atoms with van der Waals surface area (Å²) in [5, 5.41) is 4.07. The van der Waals surface area contributed by atoms with E-state index in [2.05, 4.69) is 5.32 Å². The highest BCUT2D eigenvalue weighted by Crippen LogP contribution is 2.33. The Bertz CT molecular complexity index is 1220. The molecule has 2 amide bonds. The topological polar surface area (TPSA) is 49.4 Å². The number of aryl methyl sites for hydroxylation is 1. The first-order valence-corrected chi connectivity index (χ1v) is 10.2. The number of nitrogens with zero attached hydrogens (tertiary/aromatic N) is 1. The van der Waals surface area contributed by atoms with E-state index in [-0.39, 0.29) is 23.4 Å². The normalized spacial score (nSPS) is 13.9. The van der Waals surface area contributed by atoms with Crippen LogP contribution in [0.15, 0.2) is 72.4 Å². The summed E-state index contributed by atoms with van der Waals surface area (Å²) in [4.78, 5) is 27.5. The Hall–Kier alpha value is -3.15.